The number of Topliss-reactive ketones (excluding diaryl/α,β-unsaturated/α-hetero) is 1. The standard InChI is InChI=1S/C34H29BrN2O4S/c1-4-37-31-15-9-23(33(39)27-8-6-5-7-21(27)2)19-28(31)29-20-24(10-16-32(29)37)34(40)30(36-41-22(3)38)17-18-42-26-13-11-25(35)12-14-26/h5-16,19-20H,4,17-18H2,1-3H3. The Bertz CT molecular complexity index is 1860. The summed E-state index contributed by atoms with van der Waals surface area (Å²) in [5.74, 6) is -0.360. The van der Waals surface area contributed by atoms with Crippen LogP contribution >= 0.6 is 27.7 Å². The predicted molar refractivity (Wildman–Crippen MR) is 173 cm³/mol. The second-order valence-corrected chi connectivity index (χ2v) is 11.9. The van der Waals surface area contributed by atoms with Crippen molar-refractivity contribution in [2.24, 2.45) is 5.16 Å². The normalized spacial score (nSPS) is 11.7. The molecule has 1 aromatic heterocycles. The number of oxime groups is 1. The van der Waals surface area contributed by atoms with Crippen molar-refractivity contribution in [1.29, 1.82) is 0 Å². The lowest BCUT2D eigenvalue weighted by molar-refractivity contribution is -0.140. The number of hydrogen-bond donors (Lipinski definition) is 0. The lowest BCUT2D eigenvalue weighted by Gasteiger charge is -2.07. The molecule has 4 aromatic carbocycles. The van der Waals surface area contributed by atoms with Crippen LogP contribution in [0.15, 0.2) is 99.5 Å². The van der Waals surface area contributed by atoms with Crippen molar-refractivity contribution in [2.75, 3.05) is 5.75 Å². The Balaban J connectivity index is 1.50. The Morgan fingerprint density at radius 2 is 1.52 bits per heavy atom. The van der Waals surface area contributed by atoms with Crippen LogP contribution in [0.4, 0.5) is 0 Å². The third kappa shape index (κ3) is 6.25. The highest BCUT2D eigenvalue weighted by molar-refractivity contribution is 9.10. The van der Waals surface area contributed by atoms with Gasteiger partial charge < -0.3 is 9.40 Å². The van der Waals surface area contributed by atoms with Gasteiger partial charge in [-0.3, -0.25) is 9.59 Å². The van der Waals surface area contributed by atoms with E-state index in [2.05, 4.69) is 32.6 Å². The lowest BCUT2D eigenvalue weighted by atomic mass is 9.97. The Morgan fingerprint density at radius 3 is 2.17 bits per heavy atom. The zero-order chi connectivity index (χ0) is 29.8. The van der Waals surface area contributed by atoms with E-state index in [0.29, 0.717) is 28.9 Å². The fraction of sp³-hybridized carbons (Fsp3) is 0.176. The molecule has 0 unspecified atom stereocenters. The van der Waals surface area contributed by atoms with E-state index in [1.54, 1.807) is 17.8 Å². The van der Waals surface area contributed by atoms with Crippen molar-refractivity contribution in [3.8, 4) is 0 Å². The largest absolute Gasteiger partial charge is 0.341 e. The molecule has 0 N–H and O–H groups in total. The molecule has 0 bridgehead atoms. The SMILES string of the molecule is CCn1c2ccc(C(=O)C(CCSc3ccc(Br)cc3)=NOC(C)=O)cc2c2cc(C(=O)c3ccccc3C)ccc21. The first-order valence-corrected chi connectivity index (χ1v) is 15.4. The Hall–Kier alpha value is -4.01. The maximum absolute atomic E-state index is 13.7. The summed E-state index contributed by atoms with van der Waals surface area (Å²) in [6, 6.07) is 26.8. The first kappa shape index (κ1) is 29.5. The van der Waals surface area contributed by atoms with E-state index in [9.17, 15) is 14.4 Å². The quantitative estimate of drug-likeness (QED) is 0.0503. The minimum absolute atomic E-state index is 0.0429. The van der Waals surface area contributed by atoms with Crippen LogP contribution in [-0.2, 0) is 16.2 Å². The van der Waals surface area contributed by atoms with E-state index in [4.69, 9.17) is 4.84 Å². The number of fused-ring (bicyclic) bond motifs is 3. The molecular weight excluding hydrogens is 612 g/mol. The Morgan fingerprint density at radius 1 is 0.881 bits per heavy atom. The molecule has 5 aromatic rings. The van der Waals surface area contributed by atoms with Gasteiger partial charge >= 0.3 is 5.97 Å². The Labute approximate surface area is 256 Å². The number of thioether (sulfide) groups is 1. The summed E-state index contributed by atoms with van der Waals surface area (Å²) in [7, 11) is 0. The third-order valence-electron chi connectivity index (χ3n) is 7.06. The first-order valence-electron chi connectivity index (χ1n) is 13.6. The number of aryl methyl sites for hydroxylation is 2. The van der Waals surface area contributed by atoms with Gasteiger partial charge in [-0.15, -0.1) is 11.8 Å². The van der Waals surface area contributed by atoms with Crippen molar-refractivity contribution in [3.05, 3.63) is 112 Å². The number of carbonyl (C=O) groups is 3. The van der Waals surface area contributed by atoms with Gasteiger partial charge in [0.25, 0.3) is 0 Å². The van der Waals surface area contributed by atoms with Gasteiger partial charge in [-0.05, 0) is 80.1 Å². The van der Waals surface area contributed by atoms with Crippen LogP contribution < -0.4 is 0 Å². The molecule has 0 radical (unpaired) electrons. The smallest absolute Gasteiger partial charge is 0.331 e. The maximum atomic E-state index is 13.7. The molecule has 0 saturated carbocycles. The zero-order valence-corrected chi connectivity index (χ0v) is 25.9. The fourth-order valence-corrected chi connectivity index (χ4v) is 6.12. The zero-order valence-electron chi connectivity index (χ0n) is 23.5. The summed E-state index contributed by atoms with van der Waals surface area (Å²) in [5, 5.41) is 5.70. The maximum Gasteiger partial charge on any atom is 0.331 e. The average molecular weight is 642 g/mol. The van der Waals surface area contributed by atoms with Crippen LogP contribution in [0.5, 0.6) is 0 Å². The van der Waals surface area contributed by atoms with Crippen LogP contribution in [0.25, 0.3) is 21.8 Å². The van der Waals surface area contributed by atoms with Gasteiger partial charge in [0.1, 0.15) is 5.71 Å². The highest BCUT2D eigenvalue weighted by atomic mass is 79.9. The first-order chi connectivity index (χ1) is 20.3. The average Bonchev–Trinajstić information content (AvgIpc) is 3.31. The van der Waals surface area contributed by atoms with Crippen LogP contribution in [0.3, 0.4) is 0 Å². The van der Waals surface area contributed by atoms with E-state index in [1.807, 2.05) is 85.8 Å². The number of hydrogen-bond acceptors (Lipinski definition) is 6. The number of carbonyl (C=O) groups excluding carboxylic acids is 3. The molecule has 5 rings (SSSR count). The van der Waals surface area contributed by atoms with Gasteiger partial charge in [-0.2, -0.15) is 0 Å². The van der Waals surface area contributed by atoms with Crippen molar-refractivity contribution in [3.63, 3.8) is 0 Å². The van der Waals surface area contributed by atoms with E-state index < -0.39 is 5.97 Å². The van der Waals surface area contributed by atoms with Gasteiger partial charge in [-0.1, -0.05) is 45.4 Å². The van der Waals surface area contributed by atoms with E-state index in [-0.39, 0.29) is 17.3 Å². The summed E-state index contributed by atoms with van der Waals surface area (Å²) in [5.41, 5.74) is 4.73. The topological polar surface area (TPSA) is 77.7 Å². The number of aromatic nitrogens is 1. The van der Waals surface area contributed by atoms with E-state index in [0.717, 1.165) is 43.3 Å². The minimum Gasteiger partial charge on any atom is -0.341 e. The number of rotatable bonds is 10. The summed E-state index contributed by atoms with van der Waals surface area (Å²) in [4.78, 5) is 44.6. The number of ketones is 2. The van der Waals surface area contributed by atoms with E-state index >= 15 is 0 Å². The van der Waals surface area contributed by atoms with Crippen molar-refractivity contribution in [1.82, 2.24) is 4.57 Å². The number of benzene rings is 4. The summed E-state index contributed by atoms with van der Waals surface area (Å²) in [6.45, 7) is 5.98. The van der Waals surface area contributed by atoms with Crippen molar-refractivity contribution >= 4 is 72.7 Å². The molecule has 0 saturated heterocycles. The van der Waals surface area contributed by atoms with Crippen molar-refractivity contribution < 1.29 is 19.2 Å². The summed E-state index contributed by atoms with van der Waals surface area (Å²) >= 11 is 5.03. The predicted octanol–water partition coefficient (Wildman–Crippen LogP) is 8.40. The van der Waals surface area contributed by atoms with Gasteiger partial charge in [0.2, 0.25) is 5.78 Å². The number of nitrogens with zero attached hydrogens (tertiary/aromatic N) is 2. The molecule has 0 fully saturated rings. The molecule has 0 spiro atoms. The van der Waals surface area contributed by atoms with Gasteiger partial charge in [0.05, 0.1) is 0 Å². The van der Waals surface area contributed by atoms with Crippen LogP contribution in [-0.4, -0.2) is 33.6 Å². The van der Waals surface area contributed by atoms with Gasteiger partial charge in [-0.25, -0.2) is 4.79 Å². The van der Waals surface area contributed by atoms with E-state index in [1.165, 1.54) is 6.92 Å². The molecular formula is C34H29BrN2O4S. The molecule has 1 heterocycles. The highest BCUT2D eigenvalue weighted by Crippen LogP contribution is 2.32. The molecule has 0 aliphatic rings. The number of halogens is 1. The third-order valence-corrected chi connectivity index (χ3v) is 8.61. The monoisotopic (exact) mass is 640 g/mol. The molecule has 0 aliphatic heterocycles. The molecule has 0 amide bonds. The molecule has 0 aliphatic carbocycles. The minimum atomic E-state index is -0.590. The van der Waals surface area contributed by atoms with Crippen LogP contribution in [0.1, 0.15) is 52.1 Å². The van der Waals surface area contributed by atoms with Crippen LogP contribution in [0.2, 0.25) is 0 Å². The second-order valence-electron chi connectivity index (χ2n) is 9.85. The molecule has 42 heavy (non-hydrogen) atoms. The van der Waals surface area contributed by atoms with Crippen LogP contribution in [0, 0.1) is 6.92 Å². The molecule has 212 valence electrons. The molecule has 8 heteroatoms. The fourth-order valence-electron chi connectivity index (χ4n) is 4.99. The molecule has 6 nitrogen and oxygen atoms in total. The summed E-state index contributed by atoms with van der Waals surface area (Å²) < 4.78 is 3.16. The van der Waals surface area contributed by atoms with Gasteiger partial charge in [0.15, 0.2) is 5.78 Å². The van der Waals surface area contributed by atoms with Crippen molar-refractivity contribution in [2.45, 2.75) is 38.6 Å². The van der Waals surface area contributed by atoms with Gasteiger partial charge in [0, 0.05) is 73.5 Å². The lowest BCUT2D eigenvalue weighted by Crippen LogP contribution is -2.16. The second kappa shape index (κ2) is 12.9. The summed E-state index contributed by atoms with van der Waals surface area (Å²) in [6.07, 6.45) is 0.316. The molecule has 0 atom stereocenters. The highest BCUT2D eigenvalue weighted by Gasteiger charge is 2.20. The Kier molecular flexibility index (Phi) is 9.04.